The van der Waals surface area contributed by atoms with Crippen molar-refractivity contribution in [3.05, 3.63) is 38.9 Å². The van der Waals surface area contributed by atoms with Gasteiger partial charge in [0.05, 0.1) is 17.1 Å². The van der Waals surface area contributed by atoms with Crippen molar-refractivity contribution in [1.82, 2.24) is 14.9 Å². The Bertz CT molecular complexity index is 624. The highest BCUT2D eigenvalue weighted by Gasteiger charge is 2.13. The molecule has 17 heavy (non-hydrogen) atoms. The summed E-state index contributed by atoms with van der Waals surface area (Å²) in [5.41, 5.74) is 0.341. The maximum atomic E-state index is 12.2. The van der Waals surface area contributed by atoms with Crippen molar-refractivity contribution < 1.29 is 0 Å². The van der Waals surface area contributed by atoms with Crippen LogP contribution >= 0.6 is 23.2 Å². The molecule has 0 bridgehead atoms. The predicted octanol–water partition coefficient (Wildman–Crippen LogP) is 2.44. The molecule has 90 valence electrons. The third kappa shape index (κ3) is 2.16. The predicted molar refractivity (Wildman–Crippen MR) is 69.8 cm³/mol. The van der Waals surface area contributed by atoms with Crippen LogP contribution in [-0.2, 0) is 0 Å². The van der Waals surface area contributed by atoms with Crippen LogP contribution in [-0.4, -0.2) is 16.6 Å². The van der Waals surface area contributed by atoms with Gasteiger partial charge in [-0.05, 0) is 43.8 Å². The normalized spacial score (nSPS) is 12.9. The molecule has 2 aromatic rings. The van der Waals surface area contributed by atoms with Gasteiger partial charge in [-0.1, -0.05) is 11.6 Å². The minimum atomic E-state index is -0.231. The molecule has 1 N–H and O–H groups in total. The molecule has 1 atom stereocenters. The Kier molecular flexibility index (Phi) is 3.38. The van der Waals surface area contributed by atoms with E-state index in [4.69, 9.17) is 23.2 Å². The first-order valence-electron chi connectivity index (χ1n) is 5.09. The highest BCUT2D eigenvalue weighted by Crippen LogP contribution is 2.18. The van der Waals surface area contributed by atoms with Gasteiger partial charge < -0.3 is 5.32 Å². The molecule has 0 saturated heterocycles. The zero-order chi connectivity index (χ0) is 12.6. The summed E-state index contributed by atoms with van der Waals surface area (Å²) in [5.74, 6) is 0. The van der Waals surface area contributed by atoms with E-state index in [1.807, 2.05) is 6.92 Å². The van der Waals surface area contributed by atoms with Crippen LogP contribution in [0.1, 0.15) is 13.1 Å². The topological polar surface area (TPSA) is 46.9 Å². The smallest absolute Gasteiger partial charge is 0.263 e. The molecule has 0 amide bonds. The van der Waals surface area contributed by atoms with Gasteiger partial charge in [-0.15, -0.1) is 0 Å². The van der Waals surface area contributed by atoms with Crippen molar-refractivity contribution in [2.75, 3.05) is 7.05 Å². The second-order valence-corrected chi connectivity index (χ2v) is 4.46. The van der Waals surface area contributed by atoms with E-state index in [0.717, 1.165) is 0 Å². The Balaban J connectivity index is 2.83. The molecule has 0 aliphatic rings. The molecular weight excluding hydrogens is 261 g/mol. The summed E-state index contributed by atoms with van der Waals surface area (Å²) in [6.07, 6.45) is -0.231. The van der Waals surface area contributed by atoms with Crippen molar-refractivity contribution in [3.8, 4) is 0 Å². The van der Waals surface area contributed by atoms with Crippen molar-refractivity contribution in [2.45, 2.75) is 13.1 Å². The molecule has 1 heterocycles. The van der Waals surface area contributed by atoms with E-state index in [0.29, 0.717) is 15.9 Å². The van der Waals surface area contributed by atoms with E-state index < -0.39 is 0 Å². The number of nitrogens with zero attached hydrogens (tertiary/aromatic N) is 2. The molecule has 0 aliphatic heterocycles. The van der Waals surface area contributed by atoms with E-state index in [1.165, 1.54) is 4.57 Å². The van der Waals surface area contributed by atoms with Crippen molar-refractivity contribution >= 4 is 34.1 Å². The molecule has 6 heteroatoms. The van der Waals surface area contributed by atoms with Crippen molar-refractivity contribution in [1.29, 1.82) is 0 Å². The first-order chi connectivity index (χ1) is 8.04. The third-order valence-corrected chi connectivity index (χ3v) is 3.13. The van der Waals surface area contributed by atoms with Crippen LogP contribution in [0.15, 0.2) is 23.0 Å². The number of benzene rings is 1. The first kappa shape index (κ1) is 12.4. The van der Waals surface area contributed by atoms with Gasteiger partial charge >= 0.3 is 0 Å². The highest BCUT2D eigenvalue weighted by atomic mass is 35.5. The highest BCUT2D eigenvalue weighted by molar-refractivity contribution is 6.31. The van der Waals surface area contributed by atoms with Crippen LogP contribution in [0.4, 0.5) is 0 Å². The number of aromatic nitrogens is 2. The molecule has 0 aliphatic carbocycles. The minimum Gasteiger partial charge on any atom is -0.300 e. The van der Waals surface area contributed by atoms with E-state index in [1.54, 1.807) is 25.2 Å². The van der Waals surface area contributed by atoms with Crippen LogP contribution in [0.5, 0.6) is 0 Å². The number of fused-ring (bicyclic) bond motifs is 1. The van der Waals surface area contributed by atoms with Crippen molar-refractivity contribution in [2.24, 2.45) is 0 Å². The van der Waals surface area contributed by atoms with Crippen LogP contribution in [0.25, 0.3) is 10.9 Å². The lowest BCUT2D eigenvalue weighted by molar-refractivity contribution is 0.461. The number of hydrogen-bond donors (Lipinski definition) is 1. The molecule has 1 aromatic carbocycles. The maximum absolute atomic E-state index is 12.2. The molecule has 0 saturated carbocycles. The Hall–Kier alpha value is -1.10. The summed E-state index contributed by atoms with van der Waals surface area (Å²) in [4.78, 5) is 16.4. The zero-order valence-electron chi connectivity index (χ0n) is 9.37. The van der Waals surface area contributed by atoms with Crippen LogP contribution in [0.2, 0.25) is 10.3 Å². The Labute approximate surface area is 108 Å². The molecule has 1 unspecified atom stereocenters. The summed E-state index contributed by atoms with van der Waals surface area (Å²) in [6.45, 7) is 1.82. The van der Waals surface area contributed by atoms with E-state index >= 15 is 0 Å². The monoisotopic (exact) mass is 271 g/mol. The lowest BCUT2D eigenvalue weighted by Crippen LogP contribution is -2.31. The van der Waals surface area contributed by atoms with Gasteiger partial charge in [0.1, 0.15) is 0 Å². The van der Waals surface area contributed by atoms with Crippen molar-refractivity contribution in [3.63, 3.8) is 0 Å². The zero-order valence-corrected chi connectivity index (χ0v) is 10.9. The standard InChI is InChI=1S/C11H11Cl2N3O/c1-6(14-2)16-10(17)8-5-7(12)3-4-9(8)15-11(16)13/h3-6,14H,1-2H3. The summed E-state index contributed by atoms with van der Waals surface area (Å²) >= 11 is 11.9. The second kappa shape index (κ2) is 4.64. The third-order valence-electron chi connectivity index (χ3n) is 2.62. The first-order valence-corrected chi connectivity index (χ1v) is 5.84. The average Bonchev–Trinajstić information content (AvgIpc) is 2.30. The van der Waals surface area contributed by atoms with Crippen LogP contribution < -0.4 is 10.9 Å². The summed E-state index contributed by atoms with van der Waals surface area (Å²) in [6, 6.07) is 4.96. The Morgan fingerprint density at radius 1 is 1.41 bits per heavy atom. The quantitative estimate of drug-likeness (QED) is 0.854. The van der Waals surface area contributed by atoms with Gasteiger partial charge in [-0.25, -0.2) is 4.98 Å². The molecule has 4 nitrogen and oxygen atoms in total. The SMILES string of the molecule is CNC(C)n1c(Cl)nc2ccc(Cl)cc2c1=O. The summed E-state index contributed by atoms with van der Waals surface area (Å²) < 4.78 is 1.39. The number of rotatable bonds is 2. The van der Waals surface area contributed by atoms with E-state index in [-0.39, 0.29) is 17.0 Å². The van der Waals surface area contributed by atoms with E-state index in [2.05, 4.69) is 10.3 Å². The van der Waals surface area contributed by atoms with E-state index in [9.17, 15) is 4.79 Å². The lowest BCUT2D eigenvalue weighted by Gasteiger charge is -2.16. The fourth-order valence-corrected chi connectivity index (χ4v) is 2.09. The summed E-state index contributed by atoms with van der Waals surface area (Å²) in [5, 5.41) is 4.07. The van der Waals surface area contributed by atoms with Gasteiger partial charge in [-0.3, -0.25) is 9.36 Å². The Morgan fingerprint density at radius 2 is 2.12 bits per heavy atom. The fourth-order valence-electron chi connectivity index (χ4n) is 1.61. The summed E-state index contributed by atoms with van der Waals surface area (Å²) in [7, 11) is 1.75. The van der Waals surface area contributed by atoms with Crippen LogP contribution in [0, 0.1) is 0 Å². The molecule has 2 rings (SSSR count). The number of halogens is 2. The average molecular weight is 272 g/mol. The van der Waals surface area contributed by atoms with Crippen LogP contribution in [0.3, 0.4) is 0 Å². The maximum Gasteiger partial charge on any atom is 0.263 e. The number of nitrogens with one attached hydrogen (secondary N) is 1. The molecule has 0 fully saturated rings. The minimum absolute atomic E-state index is 0.159. The largest absolute Gasteiger partial charge is 0.300 e. The second-order valence-electron chi connectivity index (χ2n) is 3.68. The Morgan fingerprint density at radius 3 is 2.76 bits per heavy atom. The van der Waals surface area contributed by atoms with Gasteiger partial charge in [0.15, 0.2) is 0 Å². The van der Waals surface area contributed by atoms with Gasteiger partial charge in [0, 0.05) is 5.02 Å². The molecule has 0 spiro atoms. The number of hydrogen-bond acceptors (Lipinski definition) is 3. The molecular formula is C11H11Cl2N3O. The fraction of sp³-hybridized carbons (Fsp3) is 0.273. The van der Waals surface area contributed by atoms with Gasteiger partial charge in [0.25, 0.3) is 5.56 Å². The van der Waals surface area contributed by atoms with Gasteiger partial charge in [-0.2, -0.15) is 0 Å². The molecule has 0 radical (unpaired) electrons. The lowest BCUT2D eigenvalue weighted by atomic mass is 10.2. The van der Waals surface area contributed by atoms with Gasteiger partial charge in [0.2, 0.25) is 5.28 Å². The molecule has 1 aromatic heterocycles.